The van der Waals surface area contributed by atoms with Gasteiger partial charge in [0.05, 0.1) is 12.2 Å². The molecule has 0 aromatic carbocycles. The number of hydrogen-bond acceptors (Lipinski definition) is 6. The van der Waals surface area contributed by atoms with Gasteiger partial charge in [-0.15, -0.1) is 11.3 Å². The highest BCUT2D eigenvalue weighted by Gasteiger charge is 2.64. The number of carbonyl (C=O) groups excluding carboxylic acids is 1. The highest BCUT2D eigenvalue weighted by molar-refractivity contribution is 7.92. The van der Waals surface area contributed by atoms with E-state index < -0.39 is 16.1 Å². The molecule has 1 aromatic heterocycles. The predicted molar refractivity (Wildman–Crippen MR) is 172 cm³/mol. The van der Waals surface area contributed by atoms with Crippen LogP contribution in [0.1, 0.15) is 111 Å². The van der Waals surface area contributed by atoms with Gasteiger partial charge in [0.15, 0.2) is 0 Å². The van der Waals surface area contributed by atoms with E-state index in [2.05, 4.69) is 37.7 Å². The number of sulfonamides is 1. The van der Waals surface area contributed by atoms with Crippen molar-refractivity contribution in [3.63, 3.8) is 0 Å². The third-order valence-electron chi connectivity index (χ3n) is 12.8. The van der Waals surface area contributed by atoms with Crippen LogP contribution in [0.3, 0.4) is 0 Å². The topological polar surface area (TPSA) is 116 Å². The van der Waals surface area contributed by atoms with E-state index in [1.165, 1.54) is 17.8 Å². The molecular formula is C34H56N2O5S2. The van der Waals surface area contributed by atoms with Crippen LogP contribution in [0.4, 0.5) is 4.79 Å². The second-order valence-electron chi connectivity index (χ2n) is 16.1. The molecule has 4 aliphatic carbocycles. The Morgan fingerprint density at radius 1 is 1.05 bits per heavy atom. The first-order valence-electron chi connectivity index (χ1n) is 16.8. The third-order valence-corrected chi connectivity index (χ3v) is 16.2. The van der Waals surface area contributed by atoms with E-state index in [-0.39, 0.29) is 38.6 Å². The number of nitrogens with one attached hydrogen (secondary N) is 2. The van der Waals surface area contributed by atoms with Crippen molar-refractivity contribution in [3.05, 3.63) is 17.0 Å². The van der Waals surface area contributed by atoms with Crippen molar-refractivity contribution >= 4 is 27.4 Å². The molecule has 4 aliphatic rings. The van der Waals surface area contributed by atoms with Crippen molar-refractivity contribution in [1.82, 2.24) is 10.0 Å². The van der Waals surface area contributed by atoms with E-state index in [9.17, 15) is 23.4 Å². The lowest BCUT2D eigenvalue weighted by molar-refractivity contribution is -0.203. The Morgan fingerprint density at radius 2 is 1.72 bits per heavy atom. The number of carbonyl (C=O) groups is 1. The summed E-state index contributed by atoms with van der Waals surface area (Å²) in [6.45, 7) is 16.0. The Balaban J connectivity index is 1.20. The minimum absolute atomic E-state index is 0.154. The highest BCUT2D eigenvalue weighted by Crippen LogP contribution is 2.69. The summed E-state index contributed by atoms with van der Waals surface area (Å²) in [6, 6.07) is 2.71. The molecule has 0 spiro atoms. The number of thiophene rings is 1. The van der Waals surface area contributed by atoms with Gasteiger partial charge in [0, 0.05) is 11.4 Å². The Kier molecular flexibility index (Phi) is 9.18. The lowest BCUT2D eigenvalue weighted by atomic mass is 9.41. The molecule has 11 atom stereocenters. The molecule has 0 bridgehead atoms. The van der Waals surface area contributed by atoms with Gasteiger partial charge in [-0.3, -0.25) is 0 Å². The molecular weight excluding hydrogens is 581 g/mol. The normalized spacial score (nSPS) is 40.2. The fourth-order valence-corrected chi connectivity index (χ4v) is 12.9. The van der Waals surface area contributed by atoms with E-state index in [4.69, 9.17) is 0 Å². The summed E-state index contributed by atoms with van der Waals surface area (Å²) >= 11 is 1.20. The van der Waals surface area contributed by atoms with Gasteiger partial charge in [-0.05, 0) is 121 Å². The van der Waals surface area contributed by atoms with Crippen molar-refractivity contribution in [2.45, 2.75) is 128 Å². The van der Waals surface area contributed by atoms with Gasteiger partial charge in [0.1, 0.15) is 4.21 Å². The largest absolute Gasteiger partial charge is 0.393 e. The third kappa shape index (κ3) is 5.94. The molecule has 0 unspecified atom stereocenters. The molecule has 1 aromatic rings. The van der Waals surface area contributed by atoms with Crippen LogP contribution >= 0.6 is 11.3 Å². The van der Waals surface area contributed by atoms with Crippen LogP contribution in [-0.4, -0.2) is 43.4 Å². The first-order valence-corrected chi connectivity index (χ1v) is 19.1. The smallest absolute Gasteiger partial charge is 0.328 e. The Morgan fingerprint density at radius 3 is 2.37 bits per heavy atom. The maximum Gasteiger partial charge on any atom is 0.328 e. The first-order chi connectivity index (χ1) is 20.0. The summed E-state index contributed by atoms with van der Waals surface area (Å²) in [4.78, 5) is 13.6. The van der Waals surface area contributed by atoms with E-state index in [1.54, 1.807) is 6.07 Å². The van der Waals surface area contributed by atoms with Crippen LogP contribution < -0.4 is 10.0 Å². The zero-order valence-corrected chi connectivity index (χ0v) is 29.0. The van der Waals surface area contributed by atoms with Crippen molar-refractivity contribution in [3.8, 4) is 0 Å². The lowest BCUT2D eigenvalue weighted by Gasteiger charge is -2.64. The number of aliphatic hydroxyl groups excluding tert-OH is 2. The van der Waals surface area contributed by atoms with Crippen molar-refractivity contribution in [1.29, 1.82) is 0 Å². The quantitative estimate of drug-likeness (QED) is 0.266. The number of urea groups is 1. The molecule has 0 saturated heterocycles. The van der Waals surface area contributed by atoms with Crippen LogP contribution in [0.15, 0.2) is 16.3 Å². The standard InChI is InChI=1S/C34H56N2O5S2/c1-8-22-26-19-21(37)13-16-34(26,7)25-14-17-33(6)23(9-10-24(33)29(25)30(22)38)20(2)15-18-35-31(39)36-43(40,41)28-12-11-27(42-28)32(3,4)5/h11-12,20-26,29-30,37-38H,8-10,13-19H2,1-7H3,(H2,35,36,39)/t20-,21-,22-,23-,24+,25+,26+,29+,30-,33-,34-/m1/s1. The average molecular weight is 637 g/mol. The zero-order chi connectivity index (χ0) is 31.5. The molecule has 4 N–H and O–H groups in total. The molecule has 0 aliphatic heterocycles. The summed E-state index contributed by atoms with van der Waals surface area (Å²) < 4.78 is 28.0. The minimum atomic E-state index is -3.91. The van der Waals surface area contributed by atoms with Gasteiger partial charge in [0.25, 0.3) is 10.0 Å². The van der Waals surface area contributed by atoms with E-state index >= 15 is 0 Å². The molecule has 7 nitrogen and oxygen atoms in total. The molecule has 2 amide bonds. The SMILES string of the molecule is CC[C@H]1[C@@H](O)[C@@H]2[C@H](CC[C@]3(C)[C@@H]([C@H](C)CCNC(=O)NS(=O)(=O)c4ccc(C(C)(C)C)s4)CC[C@@H]23)[C@@]2(C)CC[C@@H](O)C[C@@H]12. The van der Waals surface area contributed by atoms with Gasteiger partial charge in [0.2, 0.25) is 0 Å². The molecule has 1 heterocycles. The molecule has 244 valence electrons. The first kappa shape index (κ1) is 33.2. The molecule has 5 rings (SSSR count). The van der Waals surface area contributed by atoms with E-state index in [0.29, 0.717) is 42.1 Å². The molecule has 4 fully saturated rings. The zero-order valence-electron chi connectivity index (χ0n) is 27.4. The van der Waals surface area contributed by atoms with Crippen molar-refractivity contribution < 1.29 is 23.4 Å². The number of hydrogen-bond donors (Lipinski definition) is 4. The Hall–Kier alpha value is -1.16. The summed E-state index contributed by atoms with van der Waals surface area (Å²) in [5, 5.41) is 25.3. The maximum atomic E-state index is 12.8. The molecule has 43 heavy (non-hydrogen) atoms. The van der Waals surface area contributed by atoms with Crippen molar-refractivity contribution in [2.75, 3.05) is 6.54 Å². The summed E-state index contributed by atoms with van der Waals surface area (Å²) in [5.74, 6) is 2.89. The maximum absolute atomic E-state index is 12.8. The Labute approximate surface area is 264 Å². The van der Waals surface area contributed by atoms with Gasteiger partial charge < -0.3 is 15.5 Å². The lowest BCUT2D eigenvalue weighted by Crippen LogP contribution is -2.62. The van der Waals surface area contributed by atoms with Crippen LogP contribution in [0.25, 0.3) is 0 Å². The van der Waals surface area contributed by atoms with Crippen LogP contribution in [0.2, 0.25) is 0 Å². The minimum Gasteiger partial charge on any atom is -0.393 e. The second-order valence-corrected chi connectivity index (χ2v) is 19.1. The van der Waals surface area contributed by atoms with Gasteiger partial charge in [-0.2, -0.15) is 0 Å². The molecule has 9 heteroatoms. The molecule has 0 radical (unpaired) electrons. The summed E-state index contributed by atoms with van der Waals surface area (Å²) in [7, 11) is -3.91. The summed E-state index contributed by atoms with van der Waals surface area (Å²) in [5.41, 5.74) is 0.204. The van der Waals surface area contributed by atoms with Gasteiger partial charge >= 0.3 is 6.03 Å². The van der Waals surface area contributed by atoms with Crippen LogP contribution in [0, 0.1) is 52.3 Å². The van der Waals surface area contributed by atoms with E-state index in [1.807, 2.05) is 26.8 Å². The fraction of sp³-hybridized carbons (Fsp3) is 0.853. The van der Waals surface area contributed by atoms with Crippen LogP contribution in [-0.2, 0) is 15.4 Å². The summed E-state index contributed by atoms with van der Waals surface area (Å²) in [6.07, 6.45) is 8.63. The van der Waals surface area contributed by atoms with E-state index in [0.717, 1.165) is 56.2 Å². The van der Waals surface area contributed by atoms with Gasteiger partial charge in [-0.1, -0.05) is 54.9 Å². The number of fused-ring (bicyclic) bond motifs is 5. The van der Waals surface area contributed by atoms with Gasteiger partial charge in [-0.25, -0.2) is 17.9 Å². The number of rotatable bonds is 7. The monoisotopic (exact) mass is 636 g/mol. The Bertz CT molecular complexity index is 1270. The number of aliphatic hydroxyl groups is 2. The number of amides is 2. The second kappa shape index (κ2) is 11.9. The fourth-order valence-electron chi connectivity index (χ4n) is 10.6. The average Bonchev–Trinajstić information content (AvgIpc) is 3.56. The highest BCUT2D eigenvalue weighted by atomic mass is 32.2. The predicted octanol–water partition coefficient (Wildman–Crippen LogP) is 6.69. The van der Waals surface area contributed by atoms with Crippen molar-refractivity contribution in [2.24, 2.45) is 52.3 Å². The molecule has 4 saturated carbocycles. The van der Waals surface area contributed by atoms with Crippen LogP contribution in [0.5, 0.6) is 0 Å².